The first-order valence-corrected chi connectivity index (χ1v) is 24.8. The van der Waals surface area contributed by atoms with Crippen molar-refractivity contribution in [1.29, 1.82) is 0 Å². The lowest BCUT2D eigenvalue weighted by Gasteiger charge is -2.06. The van der Waals surface area contributed by atoms with Gasteiger partial charge >= 0.3 is 12.2 Å². The van der Waals surface area contributed by atoms with E-state index in [9.17, 15) is 9.59 Å². The first-order valence-electron chi connectivity index (χ1n) is 12.1. The van der Waals surface area contributed by atoms with Crippen LogP contribution in [0.15, 0.2) is 9.98 Å². The van der Waals surface area contributed by atoms with Crippen LogP contribution in [0.4, 0.5) is 9.59 Å². The molecule has 0 aliphatic rings. The molecule has 2 amide bonds. The quantitative estimate of drug-likeness (QED) is 0.0153. The van der Waals surface area contributed by atoms with E-state index < -0.39 is 12.2 Å². The lowest BCUT2D eigenvalue weighted by molar-refractivity contribution is -0.196. The molecule has 0 aliphatic carbocycles. The lowest BCUT2D eigenvalue weighted by Crippen LogP contribution is -2.23. The Morgan fingerprint density at radius 2 is 0.933 bits per heavy atom. The van der Waals surface area contributed by atoms with Gasteiger partial charge in [-0.05, 0) is 0 Å². The zero-order valence-corrected chi connectivity index (χ0v) is 33.0. The van der Waals surface area contributed by atoms with Gasteiger partial charge in [0.05, 0.1) is 35.4 Å². The van der Waals surface area contributed by atoms with Gasteiger partial charge in [-0.25, -0.2) is 19.6 Å². The number of aliphatic imine (C=N–C) groups is 2. The number of nitrogens with one attached hydrogen (secondary N) is 2. The highest BCUT2D eigenvalue weighted by molar-refractivity contribution is 8.23. The average Bonchev–Trinajstić information content (AvgIpc) is 3.04. The Morgan fingerprint density at radius 1 is 0.533 bits per heavy atom. The van der Waals surface area contributed by atoms with E-state index in [-0.39, 0.29) is 23.8 Å². The minimum atomic E-state index is -0.488. The van der Waals surface area contributed by atoms with Crippen LogP contribution >= 0.6 is 129 Å². The van der Waals surface area contributed by atoms with Gasteiger partial charge in [0.15, 0.2) is 0 Å². The zero-order chi connectivity index (χ0) is 32.7. The minimum Gasteiger partial charge on any atom is -0.438 e. The molecule has 14 nitrogen and oxygen atoms in total. The predicted molar refractivity (Wildman–Crippen MR) is 206 cm³/mol. The van der Waals surface area contributed by atoms with E-state index >= 15 is 0 Å². The molecule has 0 unspecified atom stereocenters. The van der Waals surface area contributed by atoms with Crippen molar-refractivity contribution in [3.05, 3.63) is 0 Å². The number of nitrogens with zero attached hydrogens (tertiary/aromatic N) is 2. The van der Waals surface area contributed by atoms with E-state index in [1.54, 1.807) is 94.1 Å². The summed E-state index contributed by atoms with van der Waals surface area (Å²) in [5.74, 6) is 3.02. The van der Waals surface area contributed by atoms with Gasteiger partial charge in [-0.3, -0.25) is 0 Å². The molecule has 45 heavy (non-hydrogen) atoms. The largest absolute Gasteiger partial charge is 0.438 e. The van der Waals surface area contributed by atoms with Gasteiger partial charge in [0, 0.05) is 30.5 Å². The Hall–Kier alpha value is 1.17. The predicted octanol–water partition coefficient (Wildman–Crippen LogP) is 5.76. The molecule has 0 rings (SSSR count). The van der Waals surface area contributed by atoms with Crippen molar-refractivity contribution in [1.82, 2.24) is 10.6 Å². The van der Waals surface area contributed by atoms with Crippen LogP contribution < -0.4 is 10.6 Å². The number of thioether (sulfide) groups is 11. The van der Waals surface area contributed by atoms with Crippen LogP contribution in [0.25, 0.3) is 0 Å². The lowest BCUT2D eigenvalue weighted by atomic mass is 11.1. The molecule has 0 fully saturated rings. The number of amides is 2. The van der Waals surface area contributed by atoms with Gasteiger partial charge in [0.1, 0.15) is 23.8 Å². The fourth-order valence-corrected chi connectivity index (χ4v) is 10.5. The van der Waals surface area contributed by atoms with Crippen LogP contribution in [-0.4, -0.2) is 125 Å². The van der Waals surface area contributed by atoms with Crippen molar-refractivity contribution in [3.8, 4) is 0 Å². The monoisotopic (exact) mass is 846 g/mol. The summed E-state index contributed by atoms with van der Waals surface area (Å²) < 4.78 is 9.96. The van der Waals surface area contributed by atoms with Gasteiger partial charge in [-0.1, -0.05) is 11.8 Å². The molecule has 0 bridgehead atoms. The van der Waals surface area contributed by atoms with Crippen molar-refractivity contribution in [2.24, 2.45) is 9.98 Å². The molecule has 4 N–H and O–H groups in total. The molecule has 0 aromatic carbocycles. The molecule has 0 aliphatic heterocycles. The number of carbonyl (C=O) groups is 2. The third-order valence-corrected chi connectivity index (χ3v) is 14.2. The Balaban J connectivity index is 3.25. The summed E-state index contributed by atoms with van der Waals surface area (Å²) in [4.78, 5) is 50.4. The first kappa shape index (κ1) is 46.2. The van der Waals surface area contributed by atoms with E-state index in [0.29, 0.717) is 35.4 Å². The highest BCUT2D eigenvalue weighted by Gasteiger charge is 2.02. The molecular formula is C20H38N4O10S11. The number of aliphatic hydroxyl groups is 2. The van der Waals surface area contributed by atoms with Crippen molar-refractivity contribution in [2.45, 2.75) is 0 Å². The Kier molecular flexibility index (Phi) is 42.4. The van der Waals surface area contributed by atoms with Gasteiger partial charge in [-0.2, -0.15) is 9.78 Å². The molecule has 0 atom stereocenters. The molecule has 0 saturated carbocycles. The normalized spacial score (nSPS) is 11.2. The number of rotatable bonds is 34. The topological polar surface area (TPSA) is 179 Å². The maximum atomic E-state index is 11.7. The second-order valence-corrected chi connectivity index (χ2v) is 19.2. The fraction of sp³-hybridized carbons (Fsp3) is 0.800. The van der Waals surface area contributed by atoms with Crippen molar-refractivity contribution >= 4 is 154 Å². The Bertz CT molecular complexity index is 730. The number of ether oxygens (including phenoxy) is 2. The van der Waals surface area contributed by atoms with E-state index in [2.05, 4.69) is 20.6 Å². The minimum absolute atomic E-state index is 0.0186. The molecule has 264 valence electrons. The van der Waals surface area contributed by atoms with Crippen LogP contribution in [-0.2, 0) is 29.0 Å². The summed E-state index contributed by atoms with van der Waals surface area (Å²) in [5.41, 5.74) is 0. The maximum Gasteiger partial charge on any atom is 0.408 e. The van der Waals surface area contributed by atoms with E-state index in [0.717, 1.165) is 42.3 Å². The molecular weight excluding hydrogens is 809 g/mol. The summed E-state index contributed by atoms with van der Waals surface area (Å²) in [6.07, 6.45) is 1.61. The molecule has 0 aromatic heterocycles. The van der Waals surface area contributed by atoms with E-state index in [1.807, 2.05) is 0 Å². The summed E-state index contributed by atoms with van der Waals surface area (Å²) in [6.45, 7) is 0. The Labute approximate surface area is 310 Å². The highest BCUT2D eigenvalue weighted by atomic mass is 32.2. The number of hydrogen-bond acceptors (Lipinski definition) is 23. The first-order chi connectivity index (χ1) is 22.2. The fourth-order valence-electron chi connectivity index (χ4n) is 1.68. The summed E-state index contributed by atoms with van der Waals surface area (Å²) >= 11 is 17.0. The van der Waals surface area contributed by atoms with Gasteiger partial charge < -0.3 is 40.1 Å². The number of hydrogen-bond donors (Lipinski definition) is 4. The van der Waals surface area contributed by atoms with Gasteiger partial charge in [-0.15, -0.1) is 118 Å². The van der Waals surface area contributed by atoms with Crippen LogP contribution in [0.3, 0.4) is 0 Å². The third-order valence-electron chi connectivity index (χ3n) is 3.33. The van der Waals surface area contributed by atoms with E-state index in [4.69, 9.17) is 39.2 Å². The summed E-state index contributed by atoms with van der Waals surface area (Å²) in [6, 6.07) is 0. The third kappa shape index (κ3) is 41.3. The molecule has 0 heterocycles. The Morgan fingerprint density at radius 3 is 1.44 bits per heavy atom. The SMILES string of the molecule is O=C(NCSCSCSC/N=C/OOCSCSCSCOC(=O)NCSCSCSC/N=C/OOCSCO)OCSCO. The average molecular weight is 847 g/mol. The smallest absolute Gasteiger partial charge is 0.408 e. The molecule has 0 saturated heterocycles. The van der Waals surface area contributed by atoms with Crippen molar-refractivity contribution in [3.63, 3.8) is 0 Å². The second-order valence-electron chi connectivity index (χ2n) is 6.45. The highest BCUT2D eigenvalue weighted by Crippen LogP contribution is 2.19. The molecule has 0 aromatic rings. The summed E-state index contributed by atoms with van der Waals surface area (Å²) in [7, 11) is 0. The van der Waals surface area contributed by atoms with Crippen LogP contribution in [0.5, 0.6) is 0 Å². The molecule has 25 heteroatoms. The van der Waals surface area contributed by atoms with Crippen LogP contribution in [0.1, 0.15) is 0 Å². The molecule has 0 spiro atoms. The zero-order valence-electron chi connectivity index (χ0n) is 24.0. The van der Waals surface area contributed by atoms with Crippen LogP contribution in [0, 0.1) is 0 Å². The van der Waals surface area contributed by atoms with E-state index in [1.165, 1.54) is 36.3 Å². The van der Waals surface area contributed by atoms with Gasteiger partial charge in [0.25, 0.3) is 0 Å². The second kappa shape index (κ2) is 41.3. The van der Waals surface area contributed by atoms with Crippen molar-refractivity contribution in [2.75, 3.05) is 89.6 Å². The maximum absolute atomic E-state index is 11.7. The van der Waals surface area contributed by atoms with Crippen LogP contribution in [0.2, 0.25) is 0 Å². The standard InChI is InChI=1S/C20H38N4O10S11/c25-7-39-9-29-19(27)23-5-37-15-43-14-36-4-22-2-32-34-12-42-18-45-17-41-10-30-20(28)24-6-38-16-44-13-35-3-21-1-31-33-11-40-8-26/h1-2,25-26H,3-18H2,(H,23,27)(H,24,28)/b21-1+,22-2+. The van der Waals surface area contributed by atoms with Crippen molar-refractivity contribution < 1.29 is 48.8 Å². The molecule has 0 radical (unpaired) electrons. The summed E-state index contributed by atoms with van der Waals surface area (Å²) in [5, 5.41) is 27.5. The van der Waals surface area contributed by atoms with Gasteiger partial charge in [0.2, 0.25) is 12.8 Å². The number of alkyl carbamates (subject to hydrolysis) is 2. The number of carbonyl (C=O) groups excluding carboxylic acids is 2. The number of aliphatic hydroxyl groups excluding tert-OH is 2.